The zero-order valence-electron chi connectivity index (χ0n) is 9.98. The summed E-state index contributed by atoms with van der Waals surface area (Å²) < 4.78 is 5.04. The first-order chi connectivity index (χ1) is 8.01. The van der Waals surface area contributed by atoms with Crippen LogP contribution in [0.5, 0.6) is 5.75 Å². The standard InChI is InChI=1S/C11H15N3O3/c1-7-6-8(17-3)4-5-9(7)14(10(12)15)11(16)13-2/h4-6H,1-3H3,(H2,12,15)(H,13,16). The van der Waals surface area contributed by atoms with Gasteiger partial charge in [-0.25, -0.2) is 14.5 Å². The maximum Gasteiger partial charge on any atom is 0.329 e. The fraction of sp³-hybridized carbons (Fsp3) is 0.273. The number of methoxy groups -OCH3 is 1. The highest BCUT2D eigenvalue weighted by Gasteiger charge is 2.21. The number of carbonyl (C=O) groups excluding carboxylic acids is 2. The molecule has 0 aliphatic rings. The fourth-order valence-electron chi connectivity index (χ4n) is 1.45. The average Bonchev–Trinajstić information content (AvgIpc) is 2.30. The predicted molar refractivity (Wildman–Crippen MR) is 64.2 cm³/mol. The number of carbonyl (C=O) groups is 2. The van der Waals surface area contributed by atoms with E-state index in [9.17, 15) is 9.59 Å². The molecule has 0 saturated carbocycles. The van der Waals surface area contributed by atoms with Gasteiger partial charge in [0.1, 0.15) is 5.75 Å². The van der Waals surface area contributed by atoms with Crippen molar-refractivity contribution in [2.24, 2.45) is 5.73 Å². The van der Waals surface area contributed by atoms with E-state index in [4.69, 9.17) is 10.5 Å². The molecule has 0 atom stereocenters. The molecule has 0 unspecified atom stereocenters. The summed E-state index contributed by atoms with van der Waals surface area (Å²) in [5.41, 5.74) is 6.32. The highest BCUT2D eigenvalue weighted by molar-refractivity contribution is 6.13. The van der Waals surface area contributed by atoms with E-state index in [1.807, 2.05) is 0 Å². The molecule has 6 heteroatoms. The lowest BCUT2D eigenvalue weighted by molar-refractivity contribution is 0.239. The van der Waals surface area contributed by atoms with Gasteiger partial charge in [0.25, 0.3) is 0 Å². The lowest BCUT2D eigenvalue weighted by atomic mass is 10.2. The molecule has 0 spiro atoms. The zero-order chi connectivity index (χ0) is 13.0. The Hall–Kier alpha value is -2.24. The lowest BCUT2D eigenvalue weighted by Crippen LogP contribution is -2.45. The molecule has 6 nitrogen and oxygen atoms in total. The third-order valence-electron chi connectivity index (χ3n) is 2.28. The molecule has 0 radical (unpaired) electrons. The van der Waals surface area contributed by atoms with Crippen LogP contribution in [0.3, 0.4) is 0 Å². The molecule has 17 heavy (non-hydrogen) atoms. The number of benzene rings is 1. The second-order valence-electron chi connectivity index (χ2n) is 3.38. The molecule has 0 aliphatic heterocycles. The Morgan fingerprint density at radius 1 is 1.41 bits per heavy atom. The van der Waals surface area contributed by atoms with E-state index in [1.165, 1.54) is 7.05 Å². The van der Waals surface area contributed by atoms with Gasteiger partial charge in [-0.2, -0.15) is 0 Å². The monoisotopic (exact) mass is 237 g/mol. The molecule has 4 amide bonds. The minimum atomic E-state index is -0.836. The number of primary amides is 1. The largest absolute Gasteiger partial charge is 0.497 e. The molecule has 92 valence electrons. The molecular weight excluding hydrogens is 222 g/mol. The first-order valence-corrected chi connectivity index (χ1v) is 4.97. The number of anilines is 1. The van der Waals surface area contributed by atoms with Crippen LogP contribution in [-0.4, -0.2) is 26.2 Å². The van der Waals surface area contributed by atoms with Gasteiger partial charge in [0.15, 0.2) is 0 Å². The van der Waals surface area contributed by atoms with Crippen molar-refractivity contribution in [1.29, 1.82) is 0 Å². The summed E-state index contributed by atoms with van der Waals surface area (Å²) in [6, 6.07) is 3.56. The van der Waals surface area contributed by atoms with E-state index in [2.05, 4.69) is 5.32 Å². The van der Waals surface area contributed by atoms with Crippen LogP contribution in [0.1, 0.15) is 5.56 Å². The third-order valence-corrected chi connectivity index (χ3v) is 2.28. The molecule has 0 bridgehead atoms. The van der Waals surface area contributed by atoms with Crippen molar-refractivity contribution < 1.29 is 14.3 Å². The number of imide groups is 1. The smallest absolute Gasteiger partial charge is 0.329 e. The van der Waals surface area contributed by atoms with Gasteiger partial charge in [-0.1, -0.05) is 0 Å². The number of nitrogens with zero attached hydrogens (tertiary/aromatic N) is 1. The summed E-state index contributed by atoms with van der Waals surface area (Å²) in [5, 5.41) is 2.36. The molecule has 0 heterocycles. The first-order valence-electron chi connectivity index (χ1n) is 4.97. The van der Waals surface area contributed by atoms with Gasteiger partial charge in [-0.3, -0.25) is 0 Å². The number of rotatable bonds is 2. The molecule has 0 fully saturated rings. The number of urea groups is 2. The van der Waals surface area contributed by atoms with Crippen molar-refractivity contribution in [3.63, 3.8) is 0 Å². The molecule has 0 aromatic heterocycles. The highest BCUT2D eigenvalue weighted by atomic mass is 16.5. The molecule has 1 aromatic carbocycles. The topological polar surface area (TPSA) is 84.7 Å². The van der Waals surface area contributed by atoms with Crippen LogP contribution in [0, 0.1) is 6.92 Å². The zero-order valence-corrected chi connectivity index (χ0v) is 9.98. The maximum atomic E-state index is 11.5. The Labute approximate surface area is 99.3 Å². The number of nitrogens with two attached hydrogens (primary N) is 1. The van der Waals surface area contributed by atoms with Gasteiger partial charge in [-0.15, -0.1) is 0 Å². The van der Waals surface area contributed by atoms with Gasteiger partial charge >= 0.3 is 12.1 Å². The van der Waals surface area contributed by atoms with Crippen LogP contribution in [0.4, 0.5) is 15.3 Å². The SMILES string of the molecule is CNC(=O)N(C(N)=O)c1ccc(OC)cc1C. The third kappa shape index (κ3) is 2.66. The highest BCUT2D eigenvalue weighted by Crippen LogP contribution is 2.24. The maximum absolute atomic E-state index is 11.5. The molecule has 0 aliphatic carbocycles. The molecule has 1 rings (SSSR count). The quantitative estimate of drug-likeness (QED) is 0.811. The Morgan fingerprint density at radius 3 is 2.47 bits per heavy atom. The summed E-state index contributed by atoms with van der Waals surface area (Å²) in [4.78, 5) is 23.7. The predicted octanol–water partition coefficient (Wildman–Crippen LogP) is 1.23. The van der Waals surface area contributed by atoms with E-state index in [0.717, 1.165) is 4.90 Å². The van der Waals surface area contributed by atoms with Crippen molar-refractivity contribution >= 4 is 17.7 Å². The van der Waals surface area contributed by atoms with Crippen LogP contribution in [-0.2, 0) is 0 Å². The van der Waals surface area contributed by atoms with Crippen LogP contribution < -0.4 is 20.7 Å². The Balaban J connectivity index is 3.20. The number of hydrogen-bond donors (Lipinski definition) is 2. The van der Waals surface area contributed by atoms with Gasteiger partial charge in [0, 0.05) is 7.05 Å². The molecule has 3 N–H and O–H groups in total. The van der Waals surface area contributed by atoms with E-state index in [1.54, 1.807) is 32.2 Å². The van der Waals surface area contributed by atoms with E-state index >= 15 is 0 Å². The molecule has 1 aromatic rings. The fourth-order valence-corrected chi connectivity index (χ4v) is 1.45. The van der Waals surface area contributed by atoms with Crippen molar-refractivity contribution in [2.75, 3.05) is 19.1 Å². The van der Waals surface area contributed by atoms with Gasteiger partial charge in [0.2, 0.25) is 0 Å². The van der Waals surface area contributed by atoms with Crippen LogP contribution in [0.25, 0.3) is 0 Å². The first kappa shape index (κ1) is 12.8. The van der Waals surface area contributed by atoms with Gasteiger partial charge in [0.05, 0.1) is 12.8 Å². The number of nitrogens with one attached hydrogen (secondary N) is 1. The summed E-state index contributed by atoms with van der Waals surface area (Å²) in [6.07, 6.45) is 0. The van der Waals surface area contributed by atoms with Crippen molar-refractivity contribution in [3.05, 3.63) is 23.8 Å². The van der Waals surface area contributed by atoms with Crippen LogP contribution >= 0.6 is 0 Å². The van der Waals surface area contributed by atoms with Crippen LogP contribution in [0.2, 0.25) is 0 Å². The number of aryl methyl sites for hydroxylation is 1. The second-order valence-corrected chi connectivity index (χ2v) is 3.38. The van der Waals surface area contributed by atoms with Crippen molar-refractivity contribution in [2.45, 2.75) is 6.92 Å². The minimum Gasteiger partial charge on any atom is -0.497 e. The summed E-state index contributed by atoms with van der Waals surface area (Å²) in [7, 11) is 2.97. The Kier molecular flexibility index (Phi) is 3.92. The van der Waals surface area contributed by atoms with E-state index in [-0.39, 0.29) is 0 Å². The van der Waals surface area contributed by atoms with Crippen molar-refractivity contribution in [1.82, 2.24) is 5.32 Å². The van der Waals surface area contributed by atoms with Gasteiger partial charge < -0.3 is 15.8 Å². The summed E-state index contributed by atoms with van der Waals surface area (Å²) in [5.74, 6) is 0.646. The molecular formula is C11H15N3O3. The Bertz CT molecular complexity index is 446. The number of hydrogen-bond acceptors (Lipinski definition) is 3. The minimum absolute atomic E-state index is 0.428. The number of amides is 4. The number of ether oxygens (including phenoxy) is 1. The lowest BCUT2D eigenvalue weighted by Gasteiger charge is -2.20. The van der Waals surface area contributed by atoms with Crippen molar-refractivity contribution in [3.8, 4) is 5.75 Å². The molecule has 0 saturated heterocycles. The second kappa shape index (κ2) is 5.20. The van der Waals surface area contributed by atoms with E-state index < -0.39 is 12.1 Å². The van der Waals surface area contributed by atoms with E-state index in [0.29, 0.717) is 17.0 Å². The van der Waals surface area contributed by atoms with Gasteiger partial charge in [-0.05, 0) is 30.7 Å². The van der Waals surface area contributed by atoms with Crippen LogP contribution in [0.15, 0.2) is 18.2 Å². The Morgan fingerprint density at radius 2 is 2.06 bits per heavy atom. The summed E-state index contributed by atoms with van der Waals surface area (Å²) >= 11 is 0. The normalized spacial score (nSPS) is 9.59. The summed E-state index contributed by atoms with van der Waals surface area (Å²) in [6.45, 7) is 1.76. The average molecular weight is 237 g/mol.